The number of halogens is 1. The first-order valence-electron chi connectivity index (χ1n) is 6.22. The van der Waals surface area contributed by atoms with Crippen LogP contribution in [0.5, 0.6) is 0 Å². The molecule has 0 saturated carbocycles. The van der Waals surface area contributed by atoms with Gasteiger partial charge in [0.05, 0.1) is 17.4 Å². The van der Waals surface area contributed by atoms with E-state index in [0.717, 1.165) is 11.6 Å². The second kappa shape index (κ2) is 6.64. The Kier molecular flexibility index (Phi) is 4.64. The summed E-state index contributed by atoms with van der Waals surface area (Å²) in [5, 5.41) is 11.4. The van der Waals surface area contributed by atoms with Crippen molar-refractivity contribution in [3.05, 3.63) is 59.2 Å². The topological polar surface area (TPSA) is 62.2 Å². The van der Waals surface area contributed by atoms with E-state index < -0.39 is 11.7 Å². The van der Waals surface area contributed by atoms with Crippen LogP contribution >= 0.6 is 0 Å². The smallest absolute Gasteiger partial charge is 0.257 e. The number of carbonyl (C=O) groups is 1. The summed E-state index contributed by atoms with van der Waals surface area (Å²) in [5.41, 5.74) is 1.87. The first-order chi connectivity index (χ1) is 10.1. The second-order valence-electron chi connectivity index (χ2n) is 4.35. The Balaban J connectivity index is 2.32. The fourth-order valence-electron chi connectivity index (χ4n) is 1.77. The summed E-state index contributed by atoms with van der Waals surface area (Å²) < 4.78 is 13.3. The van der Waals surface area contributed by atoms with Crippen LogP contribution in [0.2, 0.25) is 0 Å². The number of aliphatic hydroxyl groups is 1. The van der Waals surface area contributed by atoms with Crippen LogP contribution in [0, 0.1) is 24.6 Å². The number of pyridine rings is 1. The zero-order valence-corrected chi connectivity index (χ0v) is 11.4. The molecule has 1 heterocycles. The average molecular weight is 284 g/mol. The lowest BCUT2D eigenvalue weighted by atomic mass is 10.1. The average Bonchev–Trinajstić information content (AvgIpc) is 2.46. The van der Waals surface area contributed by atoms with Gasteiger partial charge in [-0.1, -0.05) is 11.8 Å². The fraction of sp³-hybridized carbons (Fsp3) is 0.125. The van der Waals surface area contributed by atoms with E-state index in [9.17, 15) is 9.18 Å². The molecule has 2 N–H and O–H groups in total. The number of benzene rings is 1. The lowest BCUT2D eigenvalue weighted by molar-refractivity contribution is 0.102. The molecule has 2 aromatic rings. The zero-order valence-electron chi connectivity index (χ0n) is 11.4. The Labute approximate surface area is 121 Å². The first-order valence-corrected chi connectivity index (χ1v) is 6.22. The highest BCUT2D eigenvalue weighted by Crippen LogP contribution is 2.14. The number of anilines is 1. The van der Waals surface area contributed by atoms with Crippen molar-refractivity contribution in [3.8, 4) is 11.8 Å². The van der Waals surface area contributed by atoms with Crippen molar-refractivity contribution in [3.63, 3.8) is 0 Å². The highest BCUT2D eigenvalue weighted by molar-refractivity contribution is 6.05. The molecular weight excluding hydrogens is 271 g/mol. The summed E-state index contributed by atoms with van der Waals surface area (Å²) in [6.07, 6.45) is 3.17. The fourth-order valence-corrected chi connectivity index (χ4v) is 1.77. The van der Waals surface area contributed by atoms with Gasteiger partial charge < -0.3 is 10.4 Å². The maximum atomic E-state index is 13.3. The van der Waals surface area contributed by atoms with E-state index in [1.807, 2.05) is 6.92 Å². The lowest BCUT2D eigenvalue weighted by Crippen LogP contribution is -2.14. The number of nitrogens with one attached hydrogen (secondary N) is 1. The normalized spacial score (nSPS) is 9.67. The molecule has 0 atom stereocenters. The van der Waals surface area contributed by atoms with Gasteiger partial charge in [-0.05, 0) is 36.8 Å². The Morgan fingerprint density at radius 3 is 2.90 bits per heavy atom. The lowest BCUT2D eigenvalue weighted by Gasteiger charge is -2.07. The number of nitrogens with zero attached hydrogens (tertiary/aromatic N) is 1. The van der Waals surface area contributed by atoms with E-state index in [4.69, 9.17) is 5.11 Å². The molecule has 0 fully saturated rings. The number of aromatic nitrogens is 1. The number of hydrogen-bond acceptors (Lipinski definition) is 3. The Bertz CT molecular complexity index is 733. The molecule has 0 aliphatic rings. The predicted molar refractivity (Wildman–Crippen MR) is 77.3 cm³/mol. The summed E-state index contributed by atoms with van der Waals surface area (Å²) in [7, 11) is 0. The summed E-state index contributed by atoms with van der Waals surface area (Å²) in [5.74, 6) is 4.06. The van der Waals surface area contributed by atoms with E-state index in [0.29, 0.717) is 11.3 Å². The third-order valence-electron chi connectivity index (χ3n) is 2.66. The van der Waals surface area contributed by atoms with Crippen LogP contribution in [0.1, 0.15) is 21.5 Å². The number of aryl methyl sites for hydroxylation is 1. The molecule has 1 aromatic heterocycles. The van der Waals surface area contributed by atoms with Crippen LogP contribution in [0.25, 0.3) is 0 Å². The van der Waals surface area contributed by atoms with Crippen molar-refractivity contribution < 1.29 is 14.3 Å². The number of amides is 1. The number of hydrogen-bond donors (Lipinski definition) is 2. The molecule has 1 amide bonds. The molecule has 4 nitrogen and oxygen atoms in total. The van der Waals surface area contributed by atoms with Gasteiger partial charge in [0.2, 0.25) is 0 Å². The van der Waals surface area contributed by atoms with E-state index in [-0.39, 0.29) is 12.2 Å². The van der Waals surface area contributed by atoms with E-state index in [2.05, 4.69) is 22.1 Å². The van der Waals surface area contributed by atoms with Gasteiger partial charge in [0.15, 0.2) is 0 Å². The van der Waals surface area contributed by atoms with Gasteiger partial charge in [-0.2, -0.15) is 0 Å². The highest BCUT2D eigenvalue weighted by Gasteiger charge is 2.12. The van der Waals surface area contributed by atoms with Crippen LogP contribution in [0.3, 0.4) is 0 Å². The van der Waals surface area contributed by atoms with Gasteiger partial charge in [0.1, 0.15) is 12.4 Å². The molecule has 0 radical (unpaired) electrons. The molecule has 0 unspecified atom stereocenters. The van der Waals surface area contributed by atoms with Crippen LogP contribution < -0.4 is 5.32 Å². The van der Waals surface area contributed by atoms with Crippen molar-refractivity contribution in [2.75, 3.05) is 11.9 Å². The highest BCUT2D eigenvalue weighted by atomic mass is 19.1. The van der Waals surface area contributed by atoms with Gasteiger partial charge in [0.25, 0.3) is 5.91 Å². The van der Waals surface area contributed by atoms with Crippen molar-refractivity contribution in [2.24, 2.45) is 0 Å². The summed E-state index contributed by atoms with van der Waals surface area (Å²) in [4.78, 5) is 16.2. The molecule has 0 aliphatic carbocycles. The third kappa shape index (κ3) is 3.88. The molecule has 106 valence electrons. The summed E-state index contributed by atoms with van der Waals surface area (Å²) in [6.45, 7) is 1.52. The molecular formula is C16H13FN2O2. The SMILES string of the molecule is Cc1cncc(NC(=O)c2cc(F)ccc2C#CCO)c1. The summed E-state index contributed by atoms with van der Waals surface area (Å²) >= 11 is 0. The molecule has 2 rings (SSSR count). The van der Waals surface area contributed by atoms with Crippen molar-refractivity contribution >= 4 is 11.6 Å². The zero-order chi connectivity index (χ0) is 15.2. The molecule has 1 aromatic carbocycles. The van der Waals surface area contributed by atoms with Crippen molar-refractivity contribution in [1.29, 1.82) is 0 Å². The second-order valence-corrected chi connectivity index (χ2v) is 4.35. The monoisotopic (exact) mass is 284 g/mol. The molecule has 0 aliphatic heterocycles. The quantitative estimate of drug-likeness (QED) is 0.830. The molecule has 5 heteroatoms. The van der Waals surface area contributed by atoms with E-state index in [1.165, 1.54) is 18.3 Å². The number of rotatable bonds is 2. The Hall–Kier alpha value is -2.71. The largest absolute Gasteiger partial charge is 0.384 e. The van der Waals surface area contributed by atoms with Crippen LogP contribution in [-0.2, 0) is 0 Å². The minimum absolute atomic E-state index is 0.109. The van der Waals surface area contributed by atoms with Gasteiger partial charge >= 0.3 is 0 Å². The van der Waals surface area contributed by atoms with Crippen LogP contribution in [0.15, 0.2) is 36.7 Å². The van der Waals surface area contributed by atoms with Gasteiger partial charge in [-0.25, -0.2) is 4.39 Å². The van der Waals surface area contributed by atoms with Crippen molar-refractivity contribution in [1.82, 2.24) is 4.98 Å². The van der Waals surface area contributed by atoms with Gasteiger partial charge in [0, 0.05) is 11.8 Å². The molecule has 0 saturated heterocycles. The van der Waals surface area contributed by atoms with Gasteiger partial charge in [-0.15, -0.1) is 0 Å². The minimum Gasteiger partial charge on any atom is -0.384 e. The maximum Gasteiger partial charge on any atom is 0.257 e. The first kappa shape index (κ1) is 14.7. The predicted octanol–water partition coefficient (Wildman–Crippen LogP) is 2.13. The summed E-state index contributed by atoms with van der Waals surface area (Å²) in [6, 6.07) is 5.48. The van der Waals surface area contributed by atoms with Gasteiger partial charge in [-0.3, -0.25) is 9.78 Å². The van der Waals surface area contributed by atoms with Crippen LogP contribution in [0.4, 0.5) is 10.1 Å². The van der Waals surface area contributed by atoms with Crippen LogP contribution in [-0.4, -0.2) is 22.6 Å². The van der Waals surface area contributed by atoms with E-state index in [1.54, 1.807) is 12.3 Å². The maximum absolute atomic E-state index is 13.3. The number of carbonyl (C=O) groups excluding carboxylic acids is 1. The third-order valence-corrected chi connectivity index (χ3v) is 2.66. The Morgan fingerprint density at radius 2 is 2.19 bits per heavy atom. The molecule has 0 bridgehead atoms. The Morgan fingerprint density at radius 1 is 1.38 bits per heavy atom. The molecule has 21 heavy (non-hydrogen) atoms. The number of aliphatic hydroxyl groups excluding tert-OH is 1. The standard InChI is InChI=1S/C16H13FN2O2/c1-11-7-14(10-18-9-11)19-16(21)15-8-13(17)5-4-12(15)3-2-6-20/h4-5,7-10,20H,6H2,1H3,(H,19,21). The van der Waals surface area contributed by atoms with E-state index >= 15 is 0 Å². The molecule has 0 spiro atoms. The minimum atomic E-state index is -0.530. The van der Waals surface area contributed by atoms with Crippen molar-refractivity contribution in [2.45, 2.75) is 6.92 Å².